The van der Waals surface area contributed by atoms with Crippen molar-refractivity contribution in [2.24, 2.45) is 11.3 Å². The lowest BCUT2D eigenvalue weighted by molar-refractivity contribution is -0.139. The molecule has 27 heavy (non-hydrogen) atoms. The quantitative estimate of drug-likeness (QED) is 0.872. The van der Waals surface area contributed by atoms with Gasteiger partial charge in [-0.05, 0) is 49.3 Å². The van der Waals surface area contributed by atoms with Crippen LogP contribution < -0.4 is 0 Å². The van der Waals surface area contributed by atoms with Crippen LogP contribution in [-0.4, -0.2) is 44.8 Å². The zero-order chi connectivity index (χ0) is 19.2. The van der Waals surface area contributed by atoms with Gasteiger partial charge in [0, 0.05) is 18.1 Å². The number of carbonyl (C=O) groups is 2. The van der Waals surface area contributed by atoms with Crippen LogP contribution in [0.3, 0.4) is 0 Å². The Morgan fingerprint density at radius 3 is 2.67 bits per heavy atom. The van der Waals surface area contributed by atoms with Gasteiger partial charge in [0.15, 0.2) is 0 Å². The molecule has 1 aromatic heterocycles. The maximum absolute atomic E-state index is 13.1. The van der Waals surface area contributed by atoms with Crippen LogP contribution in [0.2, 0.25) is 5.02 Å². The number of carboxylic acids is 1. The van der Waals surface area contributed by atoms with E-state index in [0.29, 0.717) is 30.1 Å². The molecule has 1 aliphatic carbocycles. The maximum Gasteiger partial charge on any atom is 0.307 e. The molecule has 1 unspecified atom stereocenters. The maximum atomic E-state index is 13.1. The van der Waals surface area contributed by atoms with E-state index in [4.69, 9.17) is 11.6 Å². The molecule has 1 saturated heterocycles. The number of carbonyl (C=O) groups excluding carboxylic acids is 1. The lowest BCUT2D eigenvalue weighted by Crippen LogP contribution is -2.40. The van der Waals surface area contributed by atoms with Crippen LogP contribution in [0.25, 0.3) is 5.69 Å². The molecule has 1 aliphatic heterocycles. The molecule has 6 nitrogen and oxygen atoms in total. The van der Waals surface area contributed by atoms with Gasteiger partial charge in [0.25, 0.3) is 5.91 Å². The molecule has 1 atom stereocenters. The van der Waals surface area contributed by atoms with Crippen LogP contribution in [0.1, 0.15) is 42.2 Å². The average molecular weight is 388 g/mol. The molecule has 4 rings (SSSR count). The van der Waals surface area contributed by atoms with Crippen molar-refractivity contribution in [1.82, 2.24) is 14.7 Å². The summed E-state index contributed by atoms with van der Waals surface area (Å²) >= 11 is 6.09. The topological polar surface area (TPSA) is 75.4 Å². The van der Waals surface area contributed by atoms with E-state index in [1.165, 1.54) is 0 Å². The molecule has 0 radical (unpaired) electrons. The fraction of sp³-hybridized carbons (Fsp3) is 0.450. The Morgan fingerprint density at radius 2 is 2.07 bits per heavy atom. The first-order chi connectivity index (χ1) is 12.9. The lowest BCUT2D eigenvalue weighted by atomic mass is 9.90. The fourth-order valence-corrected chi connectivity index (χ4v) is 4.48. The van der Waals surface area contributed by atoms with Crippen LogP contribution in [0.5, 0.6) is 0 Å². The normalized spacial score (nSPS) is 20.7. The van der Waals surface area contributed by atoms with E-state index in [0.717, 1.165) is 30.6 Å². The number of aromatic nitrogens is 2. The van der Waals surface area contributed by atoms with E-state index in [-0.39, 0.29) is 17.2 Å². The summed E-state index contributed by atoms with van der Waals surface area (Å²) in [6, 6.07) is 7.40. The van der Waals surface area contributed by atoms with Crippen molar-refractivity contribution in [2.45, 2.75) is 32.6 Å². The highest BCUT2D eigenvalue weighted by molar-refractivity contribution is 6.30. The van der Waals surface area contributed by atoms with Gasteiger partial charge < -0.3 is 10.0 Å². The molecular weight excluding hydrogens is 366 g/mol. The molecule has 1 amide bonds. The Labute approximate surface area is 162 Å². The van der Waals surface area contributed by atoms with Gasteiger partial charge in [0.05, 0.1) is 29.1 Å². The molecule has 142 valence electrons. The summed E-state index contributed by atoms with van der Waals surface area (Å²) in [6.45, 7) is 3.21. The Kier molecular flexibility index (Phi) is 4.46. The predicted molar refractivity (Wildman–Crippen MR) is 101 cm³/mol. The first-order valence-corrected chi connectivity index (χ1v) is 9.68. The smallest absolute Gasteiger partial charge is 0.307 e. The monoisotopic (exact) mass is 387 g/mol. The van der Waals surface area contributed by atoms with Gasteiger partial charge >= 0.3 is 5.97 Å². The number of hydrogen-bond acceptors (Lipinski definition) is 3. The van der Waals surface area contributed by atoms with Crippen LogP contribution in [0, 0.1) is 11.3 Å². The number of rotatable bonds is 4. The largest absolute Gasteiger partial charge is 0.481 e. The third kappa shape index (κ3) is 3.12. The molecule has 1 N–H and O–H groups in total. The molecule has 2 aliphatic rings. The van der Waals surface area contributed by atoms with Crippen molar-refractivity contribution in [1.29, 1.82) is 0 Å². The number of piperidine rings is 1. The predicted octanol–water partition coefficient (Wildman–Crippen LogP) is 3.42. The summed E-state index contributed by atoms with van der Waals surface area (Å²) in [4.78, 5) is 26.1. The first-order valence-electron chi connectivity index (χ1n) is 9.30. The number of amides is 1. The van der Waals surface area contributed by atoms with Gasteiger partial charge in [-0.2, -0.15) is 5.10 Å². The van der Waals surface area contributed by atoms with Crippen LogP contribution in [-0.2, 0) is 11.2 Å². The van der Waals surface area contributed by atoms with Crippen molar-refractivity contribution in [3.63, 3.8) is 0 Å². The zero-order valence-electron chi connectivity index (χ0n) is 15.2. The fourth-order valence-electron chi connectivity index (χ4n) is 4.30. The number of nitrogens with zero attached hydrogens (tertiary/aromatic N) is 3. The average Bonchev–Trinajstić information content (AvgIpc) is 3.19. The molecule has 1 spiro atoms. The van der Waals surface area contributed by atoms with Crippen LogP contribution in [0.15, 0.2) is 30.5 Å². The second kappa shape index (κ2) is 6.68. The summed E-state index contributed by atoms with van der Waals surface area (Å²) in [5.74, 6) is -0.958. The Hall–Kier alpha value is -2.34. The highest BCUT2D eigenvalue weighted by Gasteiger charge is 2.59. The summed E-state index contributed by atoms with van der Waals surface area (Å²) < 4.78 is 1.77. The van der Waals surface area contributed by atoms with Crippen molar-refractivity contribution >= 4 is 23.5 Å². The van der Waals surface area contributed by atoms with Crippen LogP contribution in [0.4, 0.5) is 0 Å². The van der Waals surface area contributed by atoms with Gasteiger partial charge in [0.1, 0.15) is 0 Å². The standard InChI is InChI=1S/C20H22ClN3O3/c1-2-17-15(12-22-24(17)14-5-3-4-13(21)10-14)18(25)23-8-6-20(7-9-23)11-16(20)19(26)27/h3-5,10,12,16H,2,6-9,11H2,1H3,(H,26,27). The van der Waals surface area contributed by atoms with Gasteiger partial charge in [-0.3, -0.25) is 9.59 Å². The van der Waals surface area contributed by atoms with E-state index < -0.39 is 5.97 Å². The van der Waals surface area contributed by atoms with E-state index in [1.807, 2.05) is 30.0 Å². The minimum Gasteiger partial charge on any atom is -0.481 e. The Balaban J connectivity index is 1.53. The van der Waals surface area contributed by atoms with Gasteiger partial charge in [-0.25, -0.2) is 4.68 Å². The van der Waals surface area contributed by atoms with E-state index >= 15 is 0 Å². The molecule has 2 heterocycles. The SMILES string of the molecule is CCc1c(C(=O)N2CCC3(CC2)CC3C(=O)O)cnn1-c1cccc(Cl)c1. The van der Waals surface area contributed by atoms with Crippen molar-refractivity contribution in [2.75, 3.05) is 13.1 Å². The molecule has 1 saturated carbocycles. The molecule has 2 aromatic rings. The van der Waals surface area contributed by atoms with Crippen molar-refractivity contribution in [3.05, 3.63) is 46.7 Å². The summed E-state index contributed by atoms with van der Waals surface area (Å²) in [6.07, 6.45) is 4.58. The number of aliphatic carboxylic acids is 1. The number of likely N-dealkylation sites (tertiary alicyclic amines) is 1. The van der Waals surface area contributed by atoms with E-state index in [9.17, 15) is 14.7 Å². The molecule has 1 aromatic carbocycles. The third-order valence-electron chi connectivity index (χ3n) is 6.02. The number of hydrogen-bond donors (Lipinski definition) is 1. The number of benzene rings is 1. The minimum atomic E-state index is -0.703. The highest BCUT2D eigenvalue weighted by atomic mass is 35.5. The lowest BCUT2D eigenvalue weighted by Gasteiger charge is -2.32. The van der Waals surface area contributed by atoms with Gasteiger partial charge in [0.2, 0.25) is 0 Å². The van der Waals surface area contributed by atoms with Crippen molar-refractivity contribution < 1.29 is 14.7 Å². The van der Waals surface area contributed by atoms with E-state index in [1.54, 1.807) is 16.9 Å². The second-order valence-electron chi connectivity index (χ2n) is 7.50. The van der Waals surface area contributed by atoms with Crippen LogP contribution >= 0.6 is 11.6 Å². The summed E-state index contributed by atoms with van der Waals surface area (Å²) in [7, 11) is 0. The van der Waals surface area contributed by atoms with Gasteiger partial charge in [-0.15, -0.1) is 0 Å². The highest BCUT2D eigenvalue weighted by Crippen LogP contribution is 2.59. The van der Waals surface area contributed by atoms with Gasteiger partial charge in [-0.1, -0.05) is 24.6 Å². The Morgan fingerprint density at radius 1 is 1.33 bits per heavy atom. The zero-order valence-corrected chi connectivity index (χ0v) is 15.9. The number of carboxylic acid groups (broad SMARTS) is 1. The third-order valence-corrected chi connectivity index (χ3v) is 6.26. The van der Waals surface area contributed by atoms with E-state index in [2.05, 4.69) is 5.10 Å². The molecule has 7 heteroatoms. The number of halogens is 1. The summed E-state index contributed by atoms with van der Waals surface area (Å²) in [5, 5.41) is 14.3. The summed E-state index contributed by atoms with van der Waals surface area (Å²) in [5.41, 5.74) is 2.22. The minimum absolute atomic E-state index is 0.0255. The van der Waals surface area contributed by atoms with Crippen molar-refractivity contribution in [3.8, 4) is 5.69 Å². The molecule has 0 bridgehead atoms. The second-order valence-corrected chi connectivity index (χ2v) is 7.94. The Bertz CT molecular complexity index is 900. The first kappa shape index (κ1) is 18.0. The molecular formula is C20H22ClN3O3. The molecule has 2 fully saturated rings.